The Labute approximate surface area is 116 Å². The van der Waals surface area contributed by atoms with Crippen molar-refractivity contribution in [3.63, 3.8) is 0 Å². The maximum Gasteiger partial charge on any atom is 0.221 e. The fourth-order valence-corrected chi connectivity index (χ4v) is 2.28. The van der Waals surface area contributed by atoms with E-state index in [0.717, 1.165) is 29.1 Å². The van der Waals surface area contributed by atoms with E-state index >= 15 is 0 Å². The predicted octanol–water partition coefficient (Wildman–Crippen LogP) is 2.69. The normalized spacial score (nSPS) is 15.6. The lowest BCUT2D eigenvalue weighted by Crippen LogP contribution is -2.10. The number of fused-ring (bicyclic) bond motifs is 1. The van der Waals surface area contributed by atoms with Crippen molar-refractivity contribution in [3.8, 4) is 5.75 Å². The molecule has 0 fully saturated rings. The first kappa shape index (κ1) is 12.5. The number of aromatic amines is 1. The van der Waals surface area contributed by atoms with Crippen molar-refractivity contribution in [2.45, 2.75) is 13.3 Å². The molecule has 1 amide bonds. The molecular weight excluding hydrogens is 254 g/mol. The topological polar surface area (TPSA) is 67.0 Å². The summed E-state index contributed by atoms with van der Waals surface area (Å²) in [5.41, 5.74) is 3.91. The number of benzene rings is 1. The van der Waals surface area contributed by atoms with E-state index in [4.69, 9.17) is 4.74 Å². The Balaban J connectivity index is 2.00. The van der Waals surface area contributed by atoms with Crippen molar-refractivity contribution in [1.82, 2.24) is 9.97 Å². The highest BCUT2D eigenvalue weighted by Crippen LogP contribution is 2.35. The van der Waals surface area contributed by atoms with Crippen molar-refractivity contribution in [2.24, 2.45) is 0 Å². The fourth-order valence-electron chi connectivity index (χ4n) is 2.28. The van der Waals surface area contributed by atoms with Crippen LogP contribution in [0.5, 0.6) is 5.75 Å². The Hall–Kier alpha value is -2.56. The average Bonchev–Trinajstić information content (AvgIpc) is 2.92. The van der Waals surface area contributed by atoms with Gasteiger partial charge in [0, 0.05) is 24.6 Å². The second-order valence-electron chi connectivity index (χ2n) is 4.67. The van der Waals surface area contributed by atoms with Gasteiger partial charge >= 0.3 is 0 Å². The van der Waals surface area contributed by atoms with Crippen LogP contribution in [0.3, 0.4) is 0 Å². The molecule has 1 aliphatic rings. The number of amides is 1. The predicted molar refractivity (Wildman–Crippen MR) is 77.3 cm³/mol. The summed E-state index contributed by atoms with van der Waals surface area (Å²) < 4.78 is 5.65. The van der Waals surface area contributed by atoms with Crippen LogP contribution in [0, 0.1) is 0 Å². The molecule has 0 saturated heterocycles. The summed E-state index contributed by atoms with van der Waals surface area (Å²) in [5, 5.41) is 2.79. The van der Waals surface area contributed by atoms with Crippen LogP contribution in [0.2, 0.25) is 0 Å². The van der Waals surface area contributed by atoms with Crippen molar-refractivity contribution in [3.05, 3.63) is 42.0 Å². The van der Waals surface area contributed by atoms with E-state index in [1.165, 1.54) is 12.5 Å². The van der Waals surface area contributed by atoms with Crippen LogP contribution in [-0.2, 0) is 4.79 Å². The van der Waals surface area contributed by atoms with Crippen LogP contribution < -0.4 is 10.1 Å². The number of anilines is 1. The monoisotopic (exact) mass is 269 g/mol. The highest BCUT2D eigenvalue weighted by Gasteiger charge is 2.16. The quantitative estimate of drug-likeness (QED) is 0.880. The van der Waals surface area contributed by atoms with Gasteiger partial charge in [0.2, 0.25) is 5.91 Å². The van der Waals surface area contributed by atoms with Gasteiger partial charge in [-0.2, -0.15) is 0 Å². The zero-order valence-electron chi connectivity index (χ0n) is 11.1. The third kappa shape index (κ3) is 2.56. The van der Waals surface area contributed by atoms with Gasteiger partial charge in [0.15, 0.2) is 0 Å². The molecular formula is C15H15N3O2. The standard InChI is InChI=1S/C15H15N3O2/c1-10(19)18-12-2-3-15-14(7-12)11(4-5-20-15)6-13-8-16-9-17-13/h2-3,6-9H,4-5H2,1H3,(H,16,17)(H,18,19). The molecule has 0 atom stereocenters. The van der Waals surface area contributed by atoms with Gasteiger partial charge in [-0.3, -0.25) is 4.79 Å². The van der Waals surface area contributed by atoms with E-state index in [0.29, 0.717) is 6.61 Å². The number of carbonyl (C=O) groups is 1. The highest BCUT2D eigenvalue weighted by atomic mass is 16.5. The van der Waals surface area contributed by atoms with Gasteiger partial charge in [0.1, 0.15) is 5.75 Å². The molecule has 0 unspecified atom stereocenters. The van der Waals surface area contributed by atoms with Gasteiger partial charge in [-0.1, -0.05) is 0 Å². The number of hydrogen-bond donors (Lipinski definition) is 2. The summed E-state index contributed by atoms with van der Waals surface area (Å²) in [4.78, 5) is 18.2. The largest absolute Gasteiger partial charge is 0.493 e. The van der Waals surface area contributed by atoms with E-state index in [-0.39, 0.29) is 5.91 Å². The van der Waals surface area contributed by atoms with Gasteiger partial charge in [0.05, 0.1) is 24.8 Å². The molecule has 0 aliphatic carbocycles. The third-order valence-corrected chi connectivity index (χ3v) is 3.12. The minimum atomic E-state index is -0.0826. The Morgan fingerprint density at radius 1 is 1.50 bits per heavy atom. The second-order valence-corrected chi connectivity index (χ2v) is 4.67. The van der Waals surface area contributed by atoms with Gasteiger partial charge in [-0.05, 0) is 29.8 Å². The Morgan fingerprint density at radius 3 is 3.15 bits per heavy atom. The number of imidazole rings is 1. The van der Waals surface area contributed by atoms with Crippen LogP contribution in [0.25, 0.3) is 11.6 Å². The van der Waals surface area contributed by atoms with E-state index in [1.807, 2.05) is 18.2 Å². The Bertz CT molecular complexity index is 660. The van der Waals surface area contributed by atoms with E-state index < -0.39 is 0 Å². The maximum atomic E-state index is 11.1. The fraction of sp³-hybridized carbons (Fsp3) is 0.200. The van der Waals surface area contributed by atoms with Crippen molar-refractivity contribution >= 4 is 23.2 Å². The Morgan fingerprint density at radius 2 is 2.40 bits per heavy atom. The number of nitrogens with one attached hydrogen (secondary N) is 2. The summed E-state index contributed by atoms with van der Waals surface area (Å²) >= 11 is 0. The molecule has 1 aromatic carbocycles. The van der Waals surface area contributed by atoms with Crippen molar-refractivity contribution in [1.29, 1.82) is 0 Å². The first-order valence-corrected chi connectivity index (χ1v) is 6.46. The van der Waals surface area contributed by atoms with Crippen molar-refractivity contribution in [2.75, 3.05) is 11.9 Å². The molecule has 5 nitrogen and oxygen atoms in total. The summed E-state index contributed by atoms with van der Waals surface area (Å²) in [6.07, 6.45) is 6.32. The van der Waals surface area contributed by atoms with Crippen LogP contribution in [-0.4, -0.2) is 22.5 Å². The van der Waals surface area contributed by atoms with E-state index in [2.05, 4.69) is 21.4 Å². The molecule has 3 rings (SSSR count). The van der Waals surface area contributed by atoms with Crippen LogP contribution >= 0.6 is 0 Å². The molecule has 2 N–H and O–H groups in total. The van der Waals surface area contributed by atoms with Gasteiger partial charge < -0.3 is 15.0 Å². The summed E-state index contributed by atoms with van der Waals surface area (Å²) in [6, 6.07) is 5.68. The Kier molecular flexibility index (Phi) is 3.25. The minimum Gasteiger partial charge on any atom is -0.493 e. The summed E-state index contributed by atoms with van der Waals surface area (Å²) in [6.45, 7) is 2.16. The molecule has 1 aliphatic heterocycles. The molecule has 1 aromatic heterocycles. The third-order valence-electron chi connectivity index (χ3n) is 3.12. The number of nitrogens with zero attached hydrogens (tertiary/aromatic N) is 1. The lowest BCUT2D eigenvalue weighted by Gasteiger charge is -2.21. The molecule has 0 radical (unpaired) electrons. The van der Waals surface area contributed by atoms with Gasteiger partial charge in [-0.25, -0.2) is 4.98 Å². The van der Waals surface area contributed by atoms with E-state index in [9.17, 15) is 4.79 Å². The highest BCUT2D eigenvalue weighted by molar-refractivity contribution is 5.91. The number of aromatic nitrogens is 2. The zero-order chi connectivity index (χ0) is 13.9. The number of rotatable bonds is 2. The molecule has 2 aromatic rings. The molecule has 102 valence electrons. The smallest absolute Gasteiger partial charge is 0.221 e. The molecule has 20 heavy (non-hydrogen) atoms. The van der Waals surface area contributed by atoms with Crippen molar-refractivity contribution < 1.29 is 9.53 Å². The summed E-state index contributed by atoms with van der Waals surface area (Å²) in [7, 11) is 0. The van der Waals surface area contributed by atoms with Crippen LogP contribution in [0.15, 0.2) is 30.7 Å². The number of ether oxygens (including phenoxy) is 1. The SMILES string of the molecule is CC(=O)Nc1ccc2c(c1)C(=Cc1cnc[nH]1)CCO2. The minimum absolute atomic E-state index is 0.0826. The lowest BCUT2D eigenvalue weighted by molar-refractivity contribution is -0.114. The number of H-pyrrole nitrogens is 1. The second kappa shape index (κ2) is 5.21. The number of hydrogen-bond acceptors (Lipinski definition) is 3. The first-order chi connectivity index (χ1) is 9.72. The lowest BCUT2D eigenvalue weighted by atomic mass is 9.98. The molecule has 5 heteroatoms. The van der Waals surface area contributed by atoms with Gasteiger partial charge in [-0.15, -0.1) is 0 Å². The summed E-state index contributed by atoms with van der Waals surface area (Å²) in [5.74, 6) is 0.761. The molecule has 0 bridgehead atoms. The number of carbonyl (C=O) groups excluding carboxylic acids is 1. The maximum absolute atomic E-state index is 11.1. The van der Waals surface area contributed by atoms with Gasteiger partial charge in [0.25, 0.3) is 0 Å². The molecule has 2 heterocycles. The molecule has 0 saturated carbocycles. The molecule has 0 spiro atoms. The average molecular weight is 269 g/mol. The zero-order valence-corrected chi connectivity index (χ0v) is 11.1. The first-order valence-electron chi connectivity index (χ1n) is 6.46. The van der Waals surface area contributed by atoms with Crippen LogP contribution in [0.4, 0.5) is 5.69 Å². The van der Waals surface area contributed by atoms with E-state index in [1.54, 1.807) is 12.5 Å². The van der Waals surface area contributed by atoms with Crippen LogP contribution in [0.1, 0.15) is 24.6 Å².